The van der Waals surface area contributed by atoms with Crippen LogP contribution in [0.4, 0.5) is 0 Å². The highest BCUT2D eigenvalue weighted by Crippen LogP contribution is 2.40. The highest BCUT2D eigenvalue weighted by molar-refractivity contribution is 8.00. The zero-order valence-electron chi connectivity index (χ0n) is 21.4. The molecule has 6 rings (SSSR count). The summed E-state index contributed by atoms with van der Waals surface area (Å²) in [5.74, 6) is 0.00753. The predicted molar refractivity (Wildman–Crippen MR) is 157 cm³/mol. The number of thioether (sulfide) groups is 1. The van der Waals surface area contributed by atoms with Crippen molar-refractivity contribution < 1.29 is 4.79 Å². The van der Waals surface area contributed by atoms with Gasteiger partial charge in [0.15, 0.2) is 10.9 Å². The molecule has 2 aromatic heterocycles. The number of hydrogen-bond donors (Lipinski definition) is 0. The van der Waals surface area contributed by atoms with E-state index in [4.69, 9.17) is 4.98 Å². The second kappa shape index (κ2) is 10.4. The lowest BCUT2D eigenvalue weighted by molar-refractivity contribution is 0.0989. The van der Waals surface area contributed by atoms with Gasteiger partial charge in [0.1, 0.15) is 10.1 Å². The zero-order valence-corrected chi connectivity index (χ0v) is 23.1. The number of nitrogens with zero attached hydrogens (tertiary/aromatic N) is 2. The fourth-order valence-electron chi connectivity index (χ4n) is 5.04. The largest absolute Gasteiger partial charge is 0.293 e. The summed E-state index contributed by atoms with van der Waals surface area (Å²) in [6.45, 7) is 4.46. The normalized spacial score (nSPS) is 13.5. The number of carbonyl (C=O) groups excluding carboxylic acids is 1. The van der Waals surface area contributed by atoms with Crippen molar-refractivity contribution in [1.82, 2.24) is 9.55 Å². The minimum absolute atomic E-state index is 0.00753. The summed E-state index contributed by atoms with van der Waals surface area (Å²) in [7, 11) is 0. The summed E-state index contributed by atoms with van der Waals surface area (Å²) in [6, 6.07) is 25.8. The Morgan fingerprint density at radius 3 is 2.34 bits per heavy atom. The Hall–Kier alpha value is -3.48. The molecule has 0 bridgehead atoms. The maximum Gasteiger partial charge on any atom is 0.263 e. The van der Waals surface area contributed by atoms with Gasteiger partial charge in [0.25, 0.3) is 5.56 Å². The van der Waals surface area contributed by atoms with Crippen LogP contribution in [0.25, 0.3) is 10.2 Å². The zero-order chi connectivity index (χ0) is 26.2. The molecule has 38 heavy (non-hydrogen) atoms. The third-order valence-electron chi connectivity index (χ3n) is 7.15. The smallest absolute Gasteiger partial charge is 0.263 e. The maximum absolute atomic E-state index is 14.0. The molecule has 1 atom stereocenters. The van der Waals surface area contributed by atoms with Crippen molar-refractivity contribution >= 4 is 39.1 Å². The van der Waals surface area contributed by atoms with E-state index in [0.29, 0.717) is 17.3 Å². The number of thiophene rings is 1. The van der Waals surface area contributed by atoms with Crippen molar-refractivity contribution in [2.75, 3.05) is 0 Å². The summed E-state index contributed by atoms with van der Waals surface area (Å²) in [6.07, 6.45) is 3.03. The van der Waals surface area contributed by atoms with E-state index >= 15 is 0 Å². The average Bonchev–Trinajstić information content (AvgIpc) is 3.52. The first-order valence-electron chi connectivity index (χ1n) is 12.9. The number of rotatable bonds is 7. The molecule has 0 N–H and O–H groups in total. The summed E-state index contributed by atoms with van der Waals surface area (Å²) >= 11 is 3.02. The fraction of sp³-hybridized carbons (Fsp3) is 0.219. The SMILES string of the molecule is Cc1ccc(C(=O)[C@H](Sc2nc3sc4c(c3c(=O)n2Cc2ccccc2)CCC4)c2ccc(C)cc2)cc1. The number of ketones is 1. The van der Waals surface area contributed by atoms with E-state index in [0.717, 1.165) is 51.7 Å². The van der Waals surface area contributed by atoms with Gasteiger partial charge in [0, 0.05) is 10.4 Å². The number of hydrogen-bond acceptors (Lipinski definition) is 5. The first kappa shape index (κ1) is 24.8. The van der Waals surface area contributed by atoms with Crippen molar-refractivity contribution in [2.24, 2.45) is 0 Å². The lowest BCUT2D eigenvalue weighted by Crippen LogP contribution is -2.25. The number of fused-ring (bicyclic) bond motifs is 3. The van der Waals surface area contributed by atoms with Crippen LogP contribution in [0, 0.1) is 13.8 Å². The van der Waals surface area contributed by atoms with E-state index < -0.39 is 5.25 Å². The Morgan fingerprint density at radius 1 is 0.947 bits per heavy atom. The van der Waals surface area contributed by atoms with Gasteiger partial charge in [-0.1, -0.05) is 102 Å². The monoisotopic (exact) mass is 536 g/mol. The highest BCUT2D eigenvalue weighted by Gasteiger charge is 2.28. The second-order valence-corrected chi connectivity index (χ2v) is 12.1. The van der Waals surface area contributed by atoms with Gasteiger partial charge < -0.3 is 0 Å². The Morgan fingerprint density at radius 2 is 1.63 bits per heavy atom. The number of Topliss-reactive ketones (excluding diaryl/α,β-unsaturated/α-hetero) is 1. The molecule has 0 spiro atoms. The quantitative estimate of drug-likeness (QED) is 0.124. The van der Waals surface area contributed by atoms with Crippen LogP contribution in [-0.2, 0) is 19.4 Å². The second-order valence-electron chi connectivity index (χ2n) is 9.95. The molecule has 0 saturated heterocycles. The van der Waals surface area contributed by atoms with Crippen molar-refractivity contribution in [3.8, 4) is 0 Å². The van der Waals surface area contributed by atoms with Crippen molar-refractivity contribution in [1.29, 1.82) is 0 Å². The van der Waals surface area contributed by atoms with Gasteiger partial charge >= 0.3 is 0 Å². The molecule has 4 nitrogen and oxygen atoms in total. The lowest BCUT2D eigenvalue weighted by Gasteiger charge is -2.19. The van der Waals surface area contributed by atoms with E-state index in [1.807, 2.05) is 92.7 Å². The van der Waals surface area contributed by atoms with Crippen molar-refractivity contribution in [2.45, 2.75) is 50.1 Å². The van der Waals surface area contributed by atoms with E-state index in [1.54, 1.807) is 15.9 Å². The Bertz CT molecular complexity index is 1680. The molecular weight excluding hydrogens is 508 g/mol. The average molecular weight is 537 g/mol. The Balaban J connectivity index is 1.50. The minimum atomic E-state index is -0.531. The Labute approximate surface area is 230 Å². The molecule has 0 radical (unpaired) electrons. The predicted octanol–water partition coefficient (Wildman–Crippen LogP) is 7.33. The number of benzene rings is 3. The van der Waals surface area contributed by atoms with Crippen LogP contribution in [-0.4, -0.2) is 15.3 Å². The van der Waals surface area contributed by atoms with Crippen LogP contribution in [0.3, 0.4) is 0 Å². The summed E-state index contributed by atoms with van der Waals surface area (Å²) in [5.41, 5.74) is 5.99. The standard InChI is InChI=1S/C32H28N2O2S2/c1-20-11-15-23(16-12-20)28(35)29(24-17-13-21(2)14-18-24)38-32-33-30-27(25-9-6-10-26(25)37-30)31(36)34(32)19-22-7-4-3-5-8-22/h3-5,7-8,11-18,29H,6,9-10,19H2,1-2H3/t29-/m1/s1. The van der Waals surface area contributed by atoms with Crippen LogP contribution >= 0.6 is 23.1 Å². The van der Waals surface area contributed by atoms with E-state index in [2.05, 4.69) is 0 Å². The van der Waals surface area contributed by atoms with E-state index in [9.17, 15) is 9.59 Å². The highest BCUT2D eigenvalue weighted by atomic mass is 32.2. The third kappa shape index (κ3) is 4.74. The van der Waals surface area contributed by atoms with Gasteiger partial charge in [-0.05, 0) is 49.8 Å². The topological polar surface area (TPSA) is 52.0 Å². The summed E-state index contributed by atoms with van der Waals surface area (Å²) < 4.78 is 1.78. The molecule has 1 aliphatic carbocycles. The van der Waals surface area contributed by atoms with E-state index in [1.165, 1.54) is 22.2 Å². The lowest BCUT2D eigenvalue weighted by atomic mass is 10.0. The molecule has 0 saturated carbocycles. The van der Waals surface area contributed by atoms with Gasteiger partial charge in [0.05, 0.1) is 11.9 Å². The molecule has 3 aromatic carbocycles. The fourth-order valence-corrected chi connectivity index (χ4v) is 7.52. The maximum atomic E-state index is 14.0. The molecule has 0 amide bonds. The first-order chi connectivity index (χ1) is 18.5. The van der Waals surface area contributed by atoms with E-state index in [-0.39, 0.29) is 11.3 Å². The van der Waals surface area contributed by atoms with Gasteiger partial charge in [-0.25, -0.2) is 4.98 Å². The van der Waals surface area contributed by atoms with Gasteiger partial charge in [-0.15, -0.1) is 11.3 Å². The van der Waals surface area contributed by atoms with Gasteiger partial charge in [-0.2, -0.15) is 0 Å². The third-order valence-corrected chi connectivity index (χ3v) is 9.58. The van der Waals surface area contributed by atoms with Crippen LogP contribution in [0.15, 0.2) is 88.8 Å². The van der Waals surface area contributed by atoms with Crippen molar-refractivity contribution in [3.05, 3.63) is 127 Å². The number of aromatic nitrogens is 2. The molecule has 6 heteroatoms. The molecule has 0 unspecified atom stereocenters. The number of carbonyl (C=O) groups is 1. The molecule has 5 aromatic rings. The van der Waals surface area contributed by atoms with Gasteiger partial charge in [-0.3, -0.25) is 14.2 Å². The number of aryl methyl sites for hydroxylation is 4. The first-order valence-corrected chi connectivity index (χ1v) is 14.6. The van der Waals surface area contributed by atoms with Crippen molar-refractivity contribution in [3.63, 3.8) is 0 Å². The minimum Gasteiger partial charge on any atom is -0.293 e. The molecule has 190 valence electrons. The molecule has 0 fully saturated rings. The van der Waals surface area contributed by atoms with Crippen LogP contribution in [0.1, 0.15) is 54.7 Å². The van der Waals surface area contributed by atoms with Crippen LogP contribution in [0.5, 0.6) is 0 Å². The molecule has 1 aliphatic rings. The van der Waals surface area contributed by atoms with Crippen LogP contribution in [0.2, 0.25) is 0 Å². The molecule has 0 aliphatic heterocycles. The molecular formula is C32H28N2O2S2. The van der Waals surface area contributed by atoms with Gasteiger partial charge in [0.2, 0.25) is 0 Å². The Kier molecular flexibility index (Phi) is 6.76. The van der Waals surface area contributed by atoms with Crippen LogP contribution < -0.4 is 5.56 Å². The molecule has 2 heterocycles. The summed E-state index contributed by atoms with van der Waals surface area (Å²) in [4.78, 5) is 35.1. The summed E-state index contributed by atoms with van der Waals surface area (Å²) in [5, 5.41) is 0.813.